The van der Waals surface area contributed by atoms with Crippen molar-refractivity contribution in [2.24, 2.45) is 0 Å². The predicted octanol–water partition coefficient (Wildman–Crippen LogP) is 3.72. The minimum atomic E-state index is -0.246. The van der Waals surface area contributed by atoms with Crippen molar-refractivity contribution in [3.63, 3.8) is 0 Å². The maximum Gasteiger partial charge on any atom is 0.137 e. The molecule has 5 heteroatoms. The highest BCUT2D eigenvalue weighted by molar-refractivity contribution is 9.10. The van der Waals surface area contributed by atoms with Crippen LogP contribution in [0.1, 0.15) is 32.0 Å². The zero-order valence-electron chi connectivity index (χ0n) is 12.0. The largest absolute Gasteiger partial charge is 0.306 e. The molecule has 0 unspecified atom stereocenters. The van der Waals surface area contributed by atoms with Gasteiger partial charge in [0.05, 0.1) is 16.7 Å². The molecule has 2 rings (SSSR count). The highest BCUT2D eigenvalue weighted by Crippen LogP contribution is 2.17. The van der Waals surface area contributed by atoms with Gasteiger partial charge in [-0.2, -0.15) is 5.10 Å². The van der Waals surface area contributed by atoms with Crippen LogP contribution >= 0.6 is 15.9 Å². The number of nitrogens with one attached hydrogen (secondary N) is 1. The fourth-order valence-electron chi connectivity index (χ4n) is 1.77. The van der Waals surface area contributed by atoms with Crippen molar-refractivity contribution in [1.82, 2.24) is 15.1 Å². The van der Waals surface area contributed by atoms with E-state index in [1.165, 1.54) is 6.07 Å². The first kappa shape index (κ1) is 15.2. The van der Waals surface area contributed by atoms with Gasteiger partial charge in [0.1, 0.15) is 5.82 Å². The average Bonchev–Trinajstić information content (AvgIpc) is 2.78. The third-order valence-electron chi connectivity index (χ3n) is 2.82. The SMILES string of the molecule is CC(C)(C)NCc1ccn(Cc2ccc(F)c(Br)c2)n1. The van der Waals surface area contributed by atoms with E-state index in [9.17, 15) is 4.39 Å². The Bertz CT molecular complexity index is 587. The van der Waals surface area contributed by atoms with Crippen LogP contribution in [0.15, 0.2) is 34.9 Å². The molecule has 0 saturated heterocycles. The van der Waals surface area contributed by atoms with Gasteiger partial charge in [0.2, 0.25) is 0 Å². The maximum atomic E-state index is 13.2. The molecule has 0 radical (unpaired) electrons. The van der Waals surface area contributed by atoms with Crippen LogP contribution in [0.3, 0.4) is 0 Å². The van der Waals surface area contributed by atoms with Crippen molar-refractivity contribution in [1.29, 1.82) is 0 Å². The molecular weight excluding hydrogens is 321 g/mol. The summed E-state index contributed by atoms with van der Waals surface area (Å²) in [7, 11) is 0. The smallest absolute Gasteiger partial charge is 0.137 e. The molecule has 0 bridgehead atoms. The van der Waals surface area contributed by atoms with Crippen LogP contribution in [0.25, 0.3) is 0 Å². The fraction of sp³-hybridized carbons (Fsp3) is 0.400. The van der Waals surface area contributed by atoms with Crippen LogP contribution < -0.4 is 5.32 Å². The molecule has 3 nitrogen and oxygen atoms in total. The Morgan fingerprint density at radius 2 is 2.05 bits per heavy atom. The third-order valence-corrected chi connectivity index (χ3v) is 3.43. The summed E-state index contributed by atoms with van der Waals surface area (Å²) in [6.45, 7) is 7.75. The van der Waals surface area contributed by atoms with Gasteiger partial charge in [-0.05, 0) is 60.5 Å². The van der Waals surface area contributed by atoms with Gasteiger partial charge in [-0.15, -0.1) is 0 Å². The second-order valence-corrected chi connectivity index (χ2v) is 6.71. The van der Waals surface area contributed by atoms with Crippen LogP contribution in [0, 0.1) is 5.82 Å². The van der Waals surface area contributed by atoms with E-state index in [2.05, 4.69) is 47.1 Å². The predicted molar refractivity (Wildman–Crippen MR) is 82.0 cm³/mol. The number of halogens is 2. The summed E-state index contributed by atoms with van der Waals surface area (Å²) in [4.78, 5) is 0. The van der Waals surface area contributed by atoms with E-state index in [4.69, 9.17) is 0 Å². The van der Waals surface area contributed by atoms with Crippen LogP contribution in [0.5, 0.6) is 0 Å². The molecule has 1 aromatic carbocycles. The van der Waals surface area contributed by atoms with Gasteiger partial charge in [0, 0.05) is 18.3 Å². The van der Waals surface area contributed by atoms with E-state index in [0.717, 1.165) is 17.8 Å². The number of rotatable bonds is 4. The summed E-state index contributed by atoms with van der Waals surface area (Å²) in [6.07, 6.45) is 1.94. The number of nitrogens with zero attached hydrogens (tertiary/aromatic N) is 2. The van der Waals surface area contributed by atoms with Crippen molar-refractivity contribution in [3.05, 3.63) is 52.0 Å². The monoisotopic (exact) mass is 339 g/mol. The topological polar surface area (TPSA) is 29.9 Å². The molecule has 0 saturated carbocycles. The number of aromatic nitrogens is 2. The summed E-state index contributed by atoms with van der Waals surface area (Å²) in [5, 5.41) is 7.90. The first-order valence-electron chi connectivity index (χ1n) is 6.55. The Hall–Kier alpha value is -1.20. The lowest BCUT2D eigenvalue weighted by Gasteiger charge is -2.19. The van der Waals surface area contributed by atoms with Crippen molar-refractivity contribution in [2.75, 3.05) is 0 Å². The molecule has 1 heterocycles. The van der Waals surface area contributed by atoms with Gasteiger partial charge in [0.15, 0.2) is 0 Å². The fourth-order valence-corrected chi connectivity index (χ4v) is 2.19. The summed E-state index contributed by atoms with van der Waals surface area (Å²) in [6, 6.07) is 7.02. The number of hydrogen-bond acceptors (Lipinski definition) is 2. The van der Waals surface area contributed by atoms with E-state index >= 15 is 0 Å². The van der Waals surface area contributed by atoms with Crippen molar-refractivity contribution in [2.45, 2.75) is 39.4 Å². The lowest BCUT2D eigenvalue weighted by Crippen LogP contribution is -2.35. The molecular formula is C15H19BrFN3. The second kappa shape index (κ2) is 6.06. The Kier molecular flexibility index (Phi) is 4.60. The Balaban J connectivity index is 2.00. The van der Waals surface area contributed by atoms with Crippen molar-refractivity contribution < 1.29 is 4.39 Å². The van der Waals surface area contributed by atoms with Gasteiger partial charge < -0.3 is 5.32 Å². The van der Waals surface area contributed by atoms with E-state index in [0.29, 0.717) is 11.0 Å². The van der Waals surface area contributed by atoms with E-state index in [1.807, 2.05) is 16.9 Å². The van der Waals surface area contributed by atoms with Crippen LogP contribution in [0.2, 0.25) is 0 Å². The molecule has 1 N–H and O–H groups in total. The average molecular weight is 340 g/mol. The molecule has 2 aromatic rings. The second-order valence-electron chi connectivity index (χ2n) is 5.86. The van der Waals surface area contributed by atoms with Gasteiger partial charge in [-0.1, -0.05) is 6.07 Å². The first-order valence-corrected chi connectivity index (χ1v) is 7.34. The molecule has 0 aliphatic rings. The maximum absolute atomic E-state index is 13.2. The van der Waals surface area contributed by atoms with Gasteiger partial charge >= 0.3 is 0 Å². The summed E-state index contributed by atoms with van der Waals surface area (Å²) in [5.74, 6) is -0.246. The van der Waals surface area contributed by atoms with Gasteiger partial charge in [-0.25, -0.2) is 4.39 Å². The standard InChI is InChI=1S/C15H19BrFN3/c1-15(2,3)18-9-12-6-7-20(19-12)10-11-4-5-14(17)13(16)8-11/h4-8,18H,9-10H2,1-3H3. The number of benzene rings is 1. The molecule has 0 aliphatic carbocycles. The summed E-state index contributed by atoms with van der Waals surface area (Å²) < 4.78 is 15.5. The highest BCUT2D eigenvalue weighted by Gasteiger charge is 2.09. The zero-order chi connectivity index (χ0) is 14.8. The van der Waals surface area contributed by atoms with E-state index in [1.54, 1.807) is 12.1 Å². The van der Waals surface area contributed by atoms with E-state index in [-0.39, 0.29) is 11.4 Å². The lowest BCUT2D eigenvalue weighted by molar-refractivity contribution is 0.419. The Morgan fingerprint density at radius 1 is 1.30 bits per heavy atom. The van der Waals surface area contributed by atoms with E-state index < -0.39 is 0 Å². The molecule has 1 aromatic heterocycles. The first-order chi connectivity index (χ1) is 9.33. The zero-order valence-corrected chi connectivity index (χ0v) is 13.5. The minimum absolute atomic E-state index is 0.0750. The quantitative estimate of drug-likeness (QED) is 0.919. The Morgan fingerprint density at radius 3 is 2.70 bits per heavy atom. The third kappa shape index (κ3) is 4.42. The number of hydrogen-bond donors (Lipinski definition) is 1. The summed E-state index contributed by atoms with van der Waals surface area (Å²) >= 11 is 3.20. The molecule has 20 heavy (non-hydrogen) atoms. The van der Waals surface area contributed by atoms with Gasteiger partial charge in [0.25, 0.3) is 0 Å². The van der Waals surface area contributed by atoms with Crippen molar-refractivity contribution >= 4 is 15.9 Å². The van der Waals surface area contributed by atoms with Crippen LogP contribution in [-0.4, -0.2) is 15.3 Å². The molecule has 0 aliphatic heterocycles. The van der Waals surface area contributed by atoms with Crippen LogP contribution in [-0.2, 0) is 13.1 Å². The van der Waals surface area contributed by atoms with Crippen molar-refractivity contribution in [3.8, 4) is 0 Å². The molecule has 0 amide bonds. The molecule has 0 fully saturated rings. The van der Waals surface area contributed by atoms with Gasteiger partial charge in [-0.3, -0.25) is 4.68 Å². The summed E-state index contributed by atoms with van der Waals surface area (Å²) in [5.41, 5.74) is 2.09. The molecule has 0 spiro atoms. The normalized spacial score (nSPS) is 11.8. The molecule has 108 valence electrons. The lowest BCUT2D eigenvalue weighted by atomic mass is 10.1. The minimum Gasteiger partial charge on any atom is -0.306 e. The Labute approximate surface area is 127 Å². The molecule has 0 atom stereocenters. The van der Waals surface area contributed by atoms with Crippen LogP contribution in [0.4, 0.5) is 4.39 Å². The highest BCUT2D eigenvalue weighted by atomic mass is 79.9.